The number of ether oxygens (including phenoxy) is 2. The van der Waals surface area contributed by atoms with Crippen LogP contribution in [0.2, 0.25) is 0 Å². The summed E-state index contributed by atoms with van der Waals surface area (Å²) in [6.45, 7) is 1.90. The number of piperidine rings is 1. The molecule has 0 saturated carbocycles. The summed E-state index contributed by atoms with van der Waals surface area (Å²) < 4.78 is 11.3. The molecule has 0 radical (unpaired) electrons. The van der Waals surface area contributed by atoms with E-state index in [2.05, 4.69) is 14.9 Å². The molecule has 1 spiro atoms. The van der Waals surface area contributed by atoms with E-state index >= 15 is 0 Å². The summed E-state index contributed by atoms with van der Waals surface area (Å²) in [6.07, 6.45) is 9.49. The largest absolute Gasteiger partial charge is 0.456 e. The molecule has 1 fully saturated rings. The van der Waals surface area contributed by atoms with Crippen LogP contribution in [-0.2, 0) is 22.3 Å². The monoisotopic (exact) mass is 288 g/mol. The van der Waals surface area contributed by atoms with Gasteiger partial charge in [-0.25, -0.2) is 9.97 Å². The molecule has 1 aromatic rings. The normalized spacial score (nSPS) is 26.3. The van der Waals surface area contributed by atoms with Crippen molar-refractivity contribution in [3.8, 4) is 0 Å². The Balaban J connectivity index is 1.63. The van der Waals surface area contributed by atoms with Crippen molar-refractivity contribution in [1.82, 2.24) is 9.97 Å². The molecule has 21 heavy (non-hydrogen) atoms. The molecule has 2 N–H and O–H groups in total. The van der Waals surface area contributed by atoms with Crippen LogP contribution >= 0.6 is 0 Å². The summed E-state index contributed by atoms with van der Waals surface area (Å²) in [5, 5.41) is 0. The molecule has 3 aliphatic rings. The fourth-order valence-electron chi connectivity index (χ4n) is 3.51. The number of rotatable bonds is 1. The molecular formula is C15H20N4O2. The van der Waals surface area contributed by atoms with Crippen molar-refractivity contribution in [2.24, 2.45) is 5.73 Å². The molecule has 1 aromatic heterocycles. The molecule has 1 aliphatic carbocycles. The Morgan fingerprint density at radius 1 is 1.29 bits per heavy atom. The number of nitrogens with zero attached hydrogens (tertiary/aromatic N) is 3. The quantitative estimate of drug-likeness (QED) is 0.834. The van der Waals surface area contributed by atoms with Gasteiger partial charge in [-0.3, -0.25) is 0 Å². The van der Waals surface area contributed by atoms with E-state index in [-0.39, 0.29) is 6.04 Å². The molecule has 4 rings (SSSR count). The summed E-state index contributed by atoms with van der Waals surface area (Å²) >= 11 is 0. The van der Waals surface area contributed by atoms with Crippen molar-refractivity contribution in [3.05, 3.63) is 30.1 Å². The first-order chi connectivity index (χ1) is 10.3. The highest BCUT2D eigenvalue weighted by atomic mass is 16.7. The maximum absolute atomic E-state index is 6.10. The Morgan fingerprint density at radius 2 is 2.14 bits per heavy atom. The van der Waals surface area contributed by atoms with Crippen molar-refractivity contribution in [2.45, 2.75) is 43.9 Å². The van der Waals surface area contributed by atoms with Crippen LogP contribution in [0.5, 0.6) is 0 Å². The number of anilines is 1. The van der Waals surface area contributed by atoms with Gasteiger partial charge in [-0.1, -0.05) is 0 Å². The average Bonchev–Trinajstić information content (AvgIpc) is 2.94. The summed E-state index contributed by atoms with van der Waals surface area (Å²) in [5.74, 6) is 0.507. The van der Waals surface area contributed by atoms with E-state index < -0.39 is 5.79 Å². The topological polar surface area (TPSA) is 73.5 Å². The van der Waals surface area contributed by atoms with Crippen LogP contribution in [0.3, 0.4) is 0 Å². The minimum Gasteiger partial charge on any atom is -0.456 e. The number of aromatic nitrogens is 2. The van der Waals surface area contributed by atoms with Crippen LogP contribution in [0.4, 0.5) is 5.82 Å². The SMILES string of the molecule is N[C@@H]1CCCN(c2ncnc3c2CCC2(C3)OC=CO2)C1. The average molecular weight is 288 g/mol. The Bertz CT molecular complexity index is 567. The zero-order valence-corrected chi connectivity index (χ0v) is 12.0. The van der Waals surface area contributed by atoms with E-state index in [1.807, 2.05) is 0 Å². The van der Waals surface area contributed by atoms with Gasteiger partial charge in [0, 0.05) is 31.1 Å². The molecule has 0 unspecified atom stereocenters. The first-order valence-corrected chi connectivity index (χ1v) is 7.60. The third kappa shape index (κ3) is 2.23. The highest BCUT2D eigenvalue weighted by Crippen LogP contribution is 2.37. The van der Waals surface area contributed by atoms with E-state index in [0.717, 1.165) is 50.3 Å². The molecule has 0 bridgehead atoms. The van der Waals surface area contributed by atoms with Gasteiger partial charge in [0.25, 0.3) is 5.79 Å². The molecule has 2 aliphatic heterocycles. The van der Waals surface area contributed by atoms with Crippen molar-refractivity contribution in [3.63, 3.8) is 0 Å². The van der Waals surface area contributed by atoms with E-state index in [1.165, 1.54) is 5.56 Å². The van der Waals surface area contributed by atoms with Crippen LogP contribution < -0.4 is 10.6 Å². The molecule has 0 amide bonds. The zero-order chi connectivity index (χ0) is 14.3. The summed E-state index contributed by atoms with van der Waals surface area (Å²) in [5.41, 5.74) is 8.37. The standard InChI is InChI=1S/C15H20N4O2/c16-11-2-1-5-19(9-11)14-12-3-4-15(20-6-7-21-15)8-13(12)17-10-18-14/h6-7,10-11H,1-5,8-9,16H2/t11-/m1/s1. The lowest BCUT2D eigenvalue weighted by molar-refractivity contribution is -0.149. The summed E-state index contributed by atoms with van der Waals surface area (Å²) in [4.78, 5) is 11.3. The lowest BCUT2D eigenvalue weighted by Gasteiger charge is -2.36. The zero-order valence-electron chi connectivity index (χ0n) is 12.0. The second kappa shape index (κ2) is 4.87. The van der Waals surface area contributed by atoms with E-state index in [4.69, 9.17) is 15.2 Å². The van der Waals surface area contributed by atoms with Crippen molar-refractivity contribution < 1.29 is 9.47 Å². The Morgan fingerprint density at radius 3 is 2.95 bits per heavy atom. The fourth-order valence-corrected chi connectivity index (χ4v) is 3.51. The predicted molar refractivity (Wildman–Crippen MR) is 77.5 cm³/mol. The second-order valence-electron chi connectivity index (χ2n) is 6.07. The van der Waals surface area contributed by atoms with Crippen LogP contribution in [0.25, 0.3) is 0 Å². The van der Waals surface area contributed by atoms with Crippen LogP contribution in [0.15, 0.2) is 18.9 Å². The van der Waals surface area contributed by atoms with Gasteiger partial charge in [0.1, 0.15) is 24.7 Å². The highest BCUT2D eigenvalue weighted by molar-refractivity contribution is 5.50. The molecule has 112 valence electrons. The maximum atomic E-state index is 6.10. The summed E-state index contributed by atoms with van der Waals surface area (Å²) in [6, 6.07) is 0.241. The molecule has 1 atom stereocenters. The first-order valence-electron chi connectivity index (χ1n) is 7.60. The van der Waals surface area contributed by atoms with Gasteiger partial charge in [0.2, 0.25) is 0 Å². The van der Waals surface area contributed by atoms with E-state index in [0.29, 0.717) is 6.42 Å². The second-order valence-corrected chi connectivity index (χ2v) is 6.07. The molecule has 6 heteroatoms. The molecule has 3 heterocycles. The third-order valence-corrected chi connectivity index (χ3v) is 4.58. The number of fused-ring (bicyclic) bond motifs is 1. The van der Waals surface area contributed by atoms with Gasteiger partial charge in [-0.15, -0.1) is 0 Å². The molecule has 6 nitrogen and oxygen atoms in total. The maximum Gasteiger partial charge on any atom is 0.255 e. The number of hydrogen-bond donors (Lipinski definition) is 1. The first kappa shape index (κ1) is 12.9. The van der Waals surface area contributed by atoms with Crippen LogP contribution in [-0.4, -0.2) is 34.9 Å². The van der Waals surface area contributed by atoms with Gasteiger partial charge < -0.3 is 20.1 Å². The lowest BCUT2D eigenvalue weighted by atomic mass is 9.90. The molecule has 1 saturated heterocycles. The smallest absolute Gasteiger partial charge is 0.255 e. The van der Waals surface area contributed by atoms with Gasteiger partial charge in [-0.2, -0.15) is 0 Å². The number of hydrogen-bond acceptors (Lipinski definition) is 6. The van der Waals surface area contributed by atoms with Gasteiger partial charge >= 0.3 is 0 Å². The van der Waals surface area contributed by atoms with Gasteiger partial charge in [0.05, 0.1) is 12.1 Å². The number of nitrogens with two attached hydrogens (primary N) is 1. The van der Waals surface area contributed by atoms with Crippen molar-refractivity contribution in [1.29, 1.82) is 0 Å². The van der Waals surface area contributed by atoms with Gasteiger partial charge in [-0.05, 0) is 19.3 Å². The molecule has 0 aromatic carbocycles. The lowest BCUT2D eigenvalue weighted by Crippen LogP contribution is -2.44. The Kier molecular flexibility index (Phi) is 2.99. The highest BCUT2D eigenvalue weighted by Gasteiger charge is 2.41. The minimum atomic E-state index is -0.545. The van der Waals surface area contributed by atoms with Crippen molar-refractivity contribution >= 4 is 5.82 Å². The Labute approximate surface area is 124 Å². The van der Waals surface area contributed by atoms with E-state index in [9.17, 15) is 0 Å². The Hall–Kier alpha value is -1.82. The molecular weight excluding hydrogens is 268 g/mol. The third-order valence-electron chi connectivity index (χ3n) is 4.58. The fraction of sp³-hybridized carbons (Fsp3) is 0.600. The van der Waals surface area contributed by atoms with Crippen molar-refractivity contribution in [2.75, 3.05) is 18.0 Å². The van der Waals surface area contributed by atoms with E-state index in [1.54, 1.807) is 18.9 Å². The van der Waals surface area contributed by atoms with Gasteiger partial charge in [0.15, 0.2) is 0 Å². The summed E-state index contributed by atoms with van der Waals surface area (Å²) in [7, 11) is 0. The van der Waals surface area contributed by atoms with Crippen LogP contribution in [0, 0.1) is 0 Å². The minimum absolute atomic E-state index is 0.241. The van der Waals surface area contributed by atoms with Crippen LogP contribution in [0.1, 0.15) is 30.5 Å². The predicted octanol–water partition coefficient (Wildman–Crippen LogP) is 1.11.